The number of fused-ring (bicyclic) bond motifs is 3. The first kappa shape index (κ1) is 24.1. The lowest BCUT2D eigenvalue weighted by Crippen LogP contribution is -2.37. The van der Waals surface area contributed by atoms with Crippen LogP contribution in [-0.4, -0.2) is 58.2 Å². The summed E-state index contributed by atoms with van der Waals surface area (Å²) < 4.78 is 67.5. The molecule has 1 aromatic heterocycles. The Kier molecular flexibility index (Phi) is 5.25. The van der Waals surface area contributed by atoms with Crippen molar-refractivity contribution in [2.24, 2.45) is 5.41 Å². The second-order valence-electron chi connectivity index (χ2n) is 7.49. The van der Waals surface area contributed by atoms with Crippen LogP contribution in [0.5, 0.6) is 0 Å². The van der Waals surface area contributed by atoms with Gasteiger partial charge in [-0.25, -0.2) is 22.9 Å². The maximum Gasteiger partial charge on any atom is 0.490 e. The molecule has 1 aromatic rings. The normalized spacial score (nSPS) is 36.3. The molecule has 1 saturated heterocycles. The molecule has 3 fully saturated rings. The average Bonchev–Trinajstić information content (AvgIpc) is 3.45. The molecule has 1 aliphatic heterocycles. The summed E-state index contributed by atoms with van der Waals surface area (Å²) in [5, 5.41) is 11.0. The molecule has 20 heteroatoms. The number of nitrogens with zero attached hydrogens (tertiary/aromatic N) is 2. The number of hydrogen-bond acceptors (Lipinski definition) is 11. The van der Waals surface area contributed by atoms with E-state index in [-0.39, 0.29) is 18.7 Å². The number of halogens is 1. The lowest BCUT2D eigenvalue weighted by molar-refractivity contribution is -0.0948. The molecule has 1 spiro atoms. The number of phosphoric ester groups is 1. The Morgan fingerprint density at radius 2 is 1.84 bits per heavy atom. The van der Waals surface area contributed by atoms with Crippen LogP contribution in [-0.2, 0) is 31.6 Å². The largest absolute Gasteiger partial charge is 0.490 e. The van der Waals surface area contributed by atoms with Crippen LogP contribution in [0.4, 0.5) is 10.2 Å². The third-order valence-electron chi connectivity index (χ3n) is 5.75. The molecule has 180 valence electrons. The fraction of sp³-hybridized carbons (Fsp3) is 0.667. The lowest BCUT2D eigenvalue weighted by atomic mass is 10.1. The number of nitrogens with two attached hydrogens (primary N) is 1. The van der Waals surface area contributed by atoms with Crippen molar-refractivity contribution < 1.29 is 60.6 Å². The summed E-state index contributed by atoms with van der Waals surface area (Å²) >= 11 is 0. The number of rotatable bonds is 8. The smallest absolute Gasteiger partial charge is 0.383 e. The maximum atomic E-state index is 15.2. The number of nitrogen functional groups attached to an aromatic ring is 1. The number of hydrogen-bond donors (Lipinski definition) is 6. The third kappa shape index (κ3) is 3.54. The van der Waals surface area contributed by atoms with Gasteiger partial charge in [-0.3, -0.25) is 9.09 Å². The second-order valence-corrected chi connectivity index (χ2v) is 11.9. The van der Waals surface area contributed by atoms with Gasteiger partial charge in [0, 0.05) is 11.6 Å². The minimum absolute atomic E-state index is 0.149. The van der Waals surface area contributed by atoms with Crippen LogP contribution in [0.3, 0.4) is 0 Å². The highest BCUT2D eigenvalue weighted by Gasteiger charge is 3.00. The summed E-state index contributed by atoms with van der Waals surface area (Å²) in [7, 11) is -16.9. The van der Waals surface area contributed by atoms with Gasteiger partial charge in [0.05, 0.1) is 6.61 Å². The SMILES string of the molecule is Nc1ccn([C@@H]2O[C@@]3(COP(=O)(O)OP(=O)(O)OP(=O)(O)O)C4(CC4)[C@]3(O)[C@H]2F)c(=O)n1. The summed E-state index contributed by atoms with van der Waals surface area (Å²) in [5.41, 5.74) is -0.984. The van der Waals surface area contributed by atoms with Crippen LogP contribution < -0.4 is 11.4 Å². The lowest BCUT2D eigenvalue weighted by Gasteiger charge is -2.24. The highest BCUT2D eigenvalue weighted by molar-refractivity contribution is 7.66. The van der Waals surface area contributed by atoms with Gasteiger partial charge in [-0.15, -0.1) is 0 Å². The van der Waals surface area contributed by atoms with E-state index in [1.807, 2.05) is 0 Å². The van der Waals surface area contributed by atoms with E-state index in [4.69, 9.17) is 20.3 Å². The van der Waals surface area contributed by atoms with Gasteiger partial charge >= 0.3 is 29.2 Å². The molecule has 4 rings (SSSR count). The van der Waals surface area contributed by atoms with Gasteiger partial charge < -0.3 is 35.2 Å². The zero-order valence-corrected chi connectivity index (χ0v) is 18.3. The maximum absolute atomic E-state index is 15.2. The van der Waals surface area contributed by atoms with Crippen LogP contribution >= 0.6 is 23.5 Å². The Hall–Kier alpha value is -1.06. The van der Waals surface area contributed by atoms with E-state index < -0.39 is 64.8 Å². The van der Waals surface area contributed by atoms with Crippen molar-refractivity contribution in [3.63, 3.8) is 0 Å². The summed E-state index contributed by atoms with van der Waals surface area (Å²) in [4.78, 5) is 51.4. The molecule has 0 aromatic carbocycles. The summed E-state index contributed by atoms with van der Waals surface area (Å²) in [6, 6.07) is 1.18. The molecule has 2 unspecified atom stereocenters. The molecule has 2 saturated carbocycles. The minimum atomic E-state index is -5.77. The van der Waals surface area contributed by atoms with E-state index in [1.54, 1.807) is 0 Å². The quantitative estimate of drug-likeness (QED) is 0.230. The topological polar surface area (TPSA) is 250 Å². The highest BCUT2D eigenvalue weighted by atomic mass is 31.3. The standard InChI is InChI=1S/C12H17FN3O13P3/c13-7-8(16-4-1-6(14)15-9(16)17)27-11(10(2-3-10)12(7,11)18)5-26-31(22,23)29-32(24,25)28-30(19,20)21/h1,4,7-8,18H,2-3,5H2,(H,22,23)(H,24,25)(H2,14,15,17)(H2,19,20,21)/t7-,8+,11-,12+/m0/s1. The van der Waals surface area contributed by atoms with Crippen LogP contribution in [0.1, 0.15) is 19.1 Å². The molecule has 2 aliphatic carbocycles. The van der Waals surface area contributed by atoms with Crippen LogP contribution in [0.15, 0.2) is 17.1 Å². The molecule has 16 nitrogen and oxygen atoms in total. The molecular formula is C12H17FN3O13P3. The summed E-state index contributed by atoms with van der Waals surface area (Å²) in [5.74, 6) is -0.149. The molecule has 0 amide bonds. The molecule has 6 atom stereocenters. The monoisotopic (exact) mass is 523 g/mol. The molecular weight excluding hydrogens is 506 g/mol. The number of alkyl halides is 1. The van der Waals surface area contributed by atoms with Crippen molar-refractivity contribution in [3.8, 4) is 0 Å². The number of anilines is 1. The van der Waals surface area contributed by atoms with Crippen molar-refractivity contribution in [3.05, 3.63) is 22.7 Å². The van der Waals surface area contributed by atoms with E-state index in [0.29, 0.717) is 4.57 Å². The van der Waals surface area contributed by atoms with E-state index in [1.165, 1.54) is 6.07 Å². The van der Waals surface area contributed by atoms with Crippen molar-refractivity contribution >= 4 is 29.3 Å². The van der Waals surface area contributed by atoms with Gasteiger partial charge in [-0.05, 0) is 18.9 Å². The Labute approximate surface area is 177 Å². The van der Waals surface area contributed by atoms with Crippen LogP contribution in [0, 0.1) is 5.41 Å². The molecule has 2 heterocycles. The Morgan fingerprint density at radius 3 is 2.38 bits per heavy atom. The highest BCUT2D eigenvalue weighted by Crippen LogP contribution is 2.86. The van der Waals surface area contributed by atoms with Crippen LogP contribution in [0.25, 0.3) is 0 Å². The fourth-order valence-corrected chi connectivity index (χ4v) is 7.43. The predicted molar refractivity (Wildman–Crippen MR) is 97.1 cm³/mol. The van der Waals surface area contributed by atoms with Crippen molar-refractivity contribution in [2.45, 2.75) is 36.4 Å². The zero-order valence-electron chi connectivity index (χ0n) is 15.6. The second kappa shape index (κ2) is 6.98. The first-order valence-electron chi connectivity index (χ1n) is 8.67. The number of aromatic nitrogens is 2. The van der Waals surface area contributed by atoms with Gasteiger partial charge in [-0.2, -0.15) is 13.6 Å². The zero-order chi connectivity index (χ0) is 24.0. The number of aliphatic hydroxyl groups is 1. The van der Waals surface area contributed by atoms with Gasteiger partial charge in [0.15, 0.2) is 12.4 Å². The van der Waals surface area contributed by atoms with E-state index in [9.17, 15) is 33.4 Å². The molecule has 3 aliphatic rings. The van der Waals surface area contributed by atoms with E-state index in [2.05, 4.69) is 18.1 Å². The first-order chi connectivity index (χ1) is 14.5. The van der Waals surface area contributed by atoms with Gasteiger partial charge in [0.2, 0.25) is 0 Å². The molecule has 32 heavy (non-hydrogen) atoms. The molecule has 7 N–H and O–H groups in total. The minimum Gasteiger partial charge on any atom is -0.383 e. The Morgan fingerprint density at radius 1 is 1.22 bits per heavy atom. The predicted octanol–water partition coefficient (Wildman–Crippen LogP) is -0.701. The number of ether oxygens (including phenoxy) is 1. The van der Waals surface area contributed by atoms with Gasteiger partial charge in [0.1, 0.15) is 17.0 Å². The third-order valence-corrected chi connectivity index (χ3v) is 9.53. The molecule has 0 radical (unpaired) electrons. The van der Waals surface area contributed by atoms with E-state index in [0.717, 1.165) is 6.20 Å². The Bertz CT molecular complexity index is 1170. The van der Waals surface area contributed by atoms with Crippen molar-refractivity contribution in [2.75, 3.05) is 12.3 Å². The summed E-state index contributed by atoms with van der Waals surface area (Å²) in [6.07, 6.45) is -2.34. The van der Waals surface area contributed by atoms with Gasteiger partial charge in [-0.1, -0.05) is 0 Å². The average molecular weight is 523 g/mol. The van der Waals surface area contributed by atoms with Gasteiger partial charge in [0.25, 0.3) is 0 Å². The van der Waals surface area contributed by atoms with E-state index >= 15 is 4.39 Å². The molecule has 0 bridgehead atoms. The first-order valence-corrected chi connectivity index (χ1v) is 13.2. The Balaban J connectivity index is 1.54. The van der Waals surface area contributed by atoms with Crippen molar-refractivity contribution in [1.82, 2.24) is 9.55 Å². The number of phosphoric acid groups is 3. The fourth-order valence-electron chi connectivity index (χ4n) is 4.39. The van der Waals surface area contributed by atoms with Crippen LogP contribution in [0.2, 0.25) is 0 Å². The van der Waals surface area contributed by atoms with Crippen molar-refractivity contribution in [1.29, 1.82) is 0 Å². The summed E-state index contributed by atoms with van der Waals surface area (Å²) in [6.45, 7) is -1.04.